The first kappa shape index (κ1) is 15.8. The molecule has 1 aliphatic heterocycles. The fourth-order valence-electron chi connectivity index (χ4n) is 2.04. The lowest BCUT2D eigenvalue weighted by Gasteiger charge is -2.10. The minimum atomic E-state index is -0.441. The fraction of sp³-hybridized carbons (Fsp3) is 0.333. The first-order chi connectivity index (χ1) is 10.1. The summed E-state index contributed by atoms with van der Waals surface area (Å²) in [6.07, 6.45) is 3.38. The van der Waals surface area contributed by atoms with Crippen molar-refractivity contribution in [1.82, 2.24) is 5.32 Å². The Morgan fingerprint density at radius 1 is 1.52 bits per heavy atom. The van der Waals surface area contributed by atoms with Crippen molar-refractivity contribution in [2.24, 2.45) is 0 Å². The molecule has 0 bridgehead atoms. The van der Waals surface area contributed by atoms with Crippen LogP contribution in [0, 0.1) is 11.3 Å². The Bertz CT molecular complexity index is 602. The minimum absolute atomic E-state index is 0.0165. The number of ether oxygens (including phenoxy) is 1. The van der Waals surface area contributed by atoms with Crippen LogP contribution in [0.25, 0.3) is 6.08 Å². The number of carbonyl (C=O) groups excluding carboxylic acids is 1. The van der Waals surface area contributed by atoms with E-state index in [1.54, 1.807) is 18.2 Å². The summed E-state index contributed by atoms with van der Waals surface area (Å²) < 4.78 is 5.41. The minimum Gasteiger partial charge on any atom is -0.376 e. The molecule has 2 rings (SSSR count). The first-order valence-electron chi connectivity index (χ1n) is 6.57. The molecule has 1 aromatic carbocycles. The molecule has 1 heterocycles. The van der Waals surface area contributed by atoms with Gasteiger partial charge in [0.15, 0.2) is 0 Å². The molecule has 0 aliphatic carbocycles. The highest BCUT2D eigenvalue weighted by Crippen LogP contribution is 2.27. The zero-order valence-electron chi connectivity index (χ0n) is 11.2. The van der Waals surface area contributed by atoms with Gasteiger partial charge >= 0.3 is 0 Å². The summed E-state index contributed by atoms with van der Waals surface area (Å²) in [5.74, 6) is -0.441. The molecule has 4 nitrogen and oxygen atoms in total. The van der Waals surface area contributed by atoms with E-state index < -0.39 is 5.91 Å². The van der Waals surface area contributed by atoms with Gasteiger partial charge in [-0.15, -0.1) is 0 Å². The average molecular weight is 325 g/mol. The van der Waals surface area contributed by atoms with E-state index in [2.05, 4.69) is 5.32 Å². The summed E-state index contributed by atoms with van der Waals surface area (Å²) >= 11 is 11.9. The van der Waals surface area contributed by atoms with Gasteiger partial charge in [-0.25, -0.2) is 0 Å². The van der Waals surface area contributed by atoms with Crippen LogP contribution in [0.3, 0.4) is 0 Å². The SMILES string of the molecule is N#C/C(=C\c1cccc(Cl)c1Cl)C(=O)NC[C@H]1CCCO1. The molecule has 1 amide bonds. The molecule has 0 unspecified atom stereocenters. The number of amides is 1. The van der Waals surface area contributed by atoms with Crippen LogP contribution in [-0.2, 0) is 9.53 Å². The predicted molar refractivity (Wildman–Crippen MR) is 82.0 cm³/mol. The number of nitrogens with zero attached hydrogens (tertiary/aromatic N) is 1. The Hall–Kier alpha value is -1.54. The number of nitriles is 1. The van der Waals surface area contributed by atoms with Crippen molar-refractivity contribution in [2.45, 2.75) is 18.9 Å². The summed E-state index contributed by atoms with van der Waals surface area (Å²) in [7, 11) is 0. The Morgan fingerprint density at radius 3 is 3.00 bits per heavy atom. The quantitative estimate of drug-likeness (QED) is 0.683. The number of hydrogen-bond donors (Lipinski definition) is 1. The van der Waals surface area contributed by atoms with Gasteiger partial charge in [0, 0.05) is 13.2 Å². The molecule has 21 heavy (non-hydrogen) atoms. The maximum absolute atomic E-state index is 12.0. The monoisotopic (exact) mass is 324 g/mol. The fourth-order valence-corrected chi connectivity index (χ4v) is 2.41. The third-order valence-corrected chi connectivity index (χ3v) is 3.99. The lowest BCUT2D eigenvalue weighted by atomic mass is 10.1. The van der Waals surface area contributed by atoms with Crippen molar-refractivity contribution in [3.63, 3.8) is 0 Å². The third kappa shape index (κ3) is 4.21. The van der Waals surface area contributed by atoms with Gasteiger partial charge in [-0.3, -0.25) is 4.79 Å². The van der Waals surface area contributed by atoms with Gasteiger partial charge < -0.3 is 10.1 Å². The zero-order valence-corrected chi connectivity index (χ0v) is 12.7. The van der Waals surface area contributed by atoms with Crippen LogP contribution in [0.5, 0.6) is 0 Å². The molecule has 6 heteroatoms. The average Bonchev–Trinajstić information content (AvgIpc) is 2.99. The van der Waals surface area contributed by atoms with E-state index in [1.165, 1.54) is 6.08 Å². The molecule has 1 fully saturated rings. The van der Waals surface area contributed by atoms with E-state index in [0.717, 1.165) is 19.4 Å². The maximum Gasteiger partial charge on any atom is 0.262 e. The topological polar surface area (TPSA) is 62.1 Å². The highest BCUT2D eigenvalue weighted by atomic mass is 35.5. The molecule has 110 valence electrons. The highest BCUT2D eigenvalue weighted by Gasteiger charge is 2.17. The summed E-state index contributed by atoms with van der Waals surface area (Å²) in [5, 5.41) is 12.5. The molecular weight excluding hydrogens is 311 g/mol. The van der Waals surface area contributed by atoms with E-state index >= 15 is 0 Å². The van der Waals surface area contributed by atoms with Crippen LogP contribution in [0.2, 0.25) is 10.0 Å². The van der Waals surface area contributed by atoms with Gasteiger partial charge in [-0.1, -0.05) is 35.3 Å². The smallest absolute Gasteiger partial charge is 0.262 e. The van der Waals surface area contributed by atoms with Crippen molar-refractivity contribution < 1.29 is 9.53 Å². The molecule has 0 spiro atoms. The second-order valence-corrected chi connectivity index (χ2v) is 5.44. The summed E-state index contributed by atoms with van der Waals surface area (Å²) in [6.45, 7) is 1.13. The summed E-state index contributed by atoms with van der Waals surface area (Å²) in [5.41, 5.74) is 0.519. The number of rotatable bonds is 4. The van der Waals surface area contributed by atoms with E-state index in [0.29, 0.717) is 22.2 Å². The third-order valence-electron chi connectivity index (χ3n) is 3.16. The second-order valence-electron chi connectivity index (χ2n) is 4.66. The molecule has 1 saturated heterocycles. The molecule has 1 aliphatic rings. The maximum atomic E-state index is 12.0. The Kier molecular flexibility index (Phi) is 5.63. The van der Waals surface area contributed by atoms with Crippen LogP contribution in [0.4, 0.5) is 0 Å². The standard InChI is InChI=1S/C15H14Cl2N2O2/c16-13-5-1-3-10(14(13)17)7-11(8-18)15(20)19-9-12-4-2-6-21-12/h1,3,5,7,12H,2,4,6,9H2,(H,19,20)/b11-7+/t12-/m1/s1. The van der Waals surface area contributed by atoms with Crippen molar-refractivity contribution in [2.75, 3.05) is 13.2 Å². The van der Waals surface area contributed by atoms with E-state index in [-0.39, 0.29) is 11.7 Å². The molecule has 1 atom stereocenters. The number of halogens is 2. The summed E-state index contributed by atoms with van der Waals surface area (Å²) in [6, 6.07) is 6.92. The summed E-state index contributed by atoms with van der Waals surface area (Å²) in [4.78, 5) is 12.0. The van der Waals surface area contributed by atoms with E-state index in [9.17, 15) is 4.79 Å². The van der Waals surface area contributed by atoms with Crippen LogP contribution >= 0.6 is 23.2 Å². The van der Waals surface area contributed by atoms with Crippen molar-refractivity contribution >= 4 is 35.2 Å². The highest BCUT2D eigenvalue weighted by molar-refractivity contribution is 6.43. The van der Waals surface area contributed by atoms with E-state index in [4.69, 9.17) is 33.2 Å². The largest absolute Gasteiger partial charge is 0.376 e. The zero-order chi connectivity index (χ0) is 15.2. The van der Waals surface area contributed by atoms with Gasteiger partial charge in [-0.2, -0.15) is 5.26 Å². The van der Waals surface area contributed by atoms with Gasteiger partial charge in [0.2, 0.25) is 0 Å². The Balaban J connectivity index is 2.07. The van der Waals surface area contributed by atoms with Gasteiger partial charge in [0.05, 0.1) is 16.1 Å². The van der Waals surface area contributed by atoms with Crippen LogP contribution in [0.1, 0.15) is 18.4 Å². The van der Waals surface area contributed by atoms with Crippen molar-refractivity contribution in [3.8, 4) is 6.07 Å². The number of nitrogens with one attached hydrogen (secondary N) is 1. The van der Waals surface area contributed by atoms with Crippen molar-refractivity contribution in [3.05, 3.63) is 39.4 Å². The molecular formula is C15H14Cl2N2O2. The van der Waals surface area contributed by atoms with Crippen LogP contribution in [0.15, 0.2) is 23.8 Å². The van der Waals surface area contributed by atoms with Crippen LogP contribution < -0.4 is 5.32 Å². The normalized spacial score (nSPS) is 18.3. The van der Waals surface area contributed by atoms with Crippen molar-refractivity contribution in [1.29, 1.82) is 5.26 Å². The van der Waals surface area contributed by atoms with Gasteiger partial charge in [0.1, 0.15) is 11.6 Å². The van der Waals surface area contributed by atoms with E-state index in [1.807, 2.05) is 6.07 Å². The first-order valence-corrected chi connectivity index (χ1v) is 7.33. The van der Waals surface area contributed by atoms with Gasteiger partial charge in [-0.05, 0) is 30.5 Å². The molecule has 0 radical (unpaired) electrons. The number of hydrogen-bond acceptors (Lipinski definition) is 3. The molecule has 1 aromatic rings. The molecule has 0 aromatic heterocycles. The Morgan fingerprint density at radius 2 is 2.33 bits per heavy atom. The lowest BCUT2D eigenvalue weighted by Crippen LogP contribution is -2.32. The van der Waals surface area contributed by atoms with Gasteiger partial charge in [0.25, 0.3) is 5.91 Å². The predicted octanol–water partition coefficient (Wildman–Crippen LogP) is 3.20. The number of benzene rings is 1. The van der Waals surface area contributed by atoms with Crippen LogP contribution in [-0.4, -0.2) is 25.2 Å². The molecule has 1 N–H and O–H groups in total. The lowest BCUT2D eigenvalue weighted by molar-refractivity contribution is -0.117. The Labute approximate surface area is 133 Å². The second kappa shape index (κ2) is 7.46. The number of carbonyl (C=O) groups is 1. The molecule has 0 saturated carbocycles.